The smallest absolute Gasteiger partial charge is 0.253 e. The van der Waals surface area contributed by atoms with Gasteiger partial charge in [0.2, 0.25) is 0 Å². The Morgan fingerprint density at radius 2 is 1.92 bits per heavy atom. The van der Waals surface area contributed by atoms with Crippen molar-refractivity contribution in [3.8, 4) is 0 Å². The van der Waals surface area contributed by atoms with Gasteiger partial charge in [-0.3, -0.25) is 19.8 Å². The molecule has 2 fully saturated rings. The van der Waals surface area contributed by atoms with Gasteiger partial charge >= 0.3 is 0 Å². The molecule has 1 aliphatic heterocycles. The number of fused-ring (bicyclic) bond motifs is 1. The molecule has 2 aliphatic rings. The molecule has 6 rings (SSSR count). The Labute approximate surface area is 210 Å². The van der Waals surface area contributed by atoms with Gasteiger partial charge in [-0.25, -0.2) is 0 Å². The van der Waals surface area contributed by atoms with Gasteiger partial charge in [-0.05, 0) is 92.9 Å². The maximum Gasteiger partial charge on any atom is 0.253 e. The highest BCUT2D eigenvalue weighted by Crippen LogP contribution is 2.27. The first kappa shape index (κ1) is 22.5. The Morgan fingerprint density at radius 3 is 2.72 bits per heavy atom. The Hall–Kier alpha value is -3.97. The molecule has 1 saturated heterocycles. The first-order valence-corrected chi connectivity index (χ1v) is 12.7. The highest BCUT2D eigenvalue weighted by atomic mass is 16.1. The van der Waals surface area contributed by atoms with Crippen molar-refractivity contribution in [2.75, 3.05) is 18.4 Å². The molecule has 36 heavy (non-hydrogen) atoms. The molecule has 0 atom stereocenters. The molecule has 3 heterocycles. The predicted octanol–water partition coefficient (Wildman–Crippen LogP) is 5.36. The largest absolute Gasteiger partial charge is 0.355 e. The van der Waals surface area contributed by atoms with E-state index in [-0.39, 0.29) is 5.91 Å². The van der Waals surface area contributed by atoms with Crippen molar-refractivity contribution in [2.24, 2.45) is 0 Å². The highest BCUT2D eigenvalue weighted by Gasteiger charge is 2.24. The van der Waals surface area contributed by atoms with Crippen LogP contribution in [-0.4, -0.2) is 45.1 Å². The number of carbonyl (C=O) groups excluding carboxylic acids is 1. The number of hydrogen-bond donors (Lipinski definition) is 3. The minimum absolute atomic E-state index is 0.0340. The fourth-order valence-corrected chi connectivity index (χ4v) is 4.67. The van der Waals surface area contributed by atoms with E-state index in [1.54, 1.807) is 0 Å². The van der Waals surface area contributed by atoms with Crippen LogP contribution in [0.15, 0.2) is 60.8 Å². The number of carbonyl (C=O) groups is 1. The summed E-state index contributed by atoms with van der Waals surface area (Å²) < 4.78 is 0. The van der Waals surface area contributed by atoms with E-state index >= 15 is 0 Å². The molecular weight excluding hydrogens is 448 g/mol. The normalized spacial score (nSPS) is 16.1. The van der Waals surface area contributed by atoms with Gasteiger partial charge in [0.1, 0.15) is 0 Å². The van der Waals surface area contributed by atoms with Gasteiger partial charge in [0.25, 0.3) is 5.91 Å². The number of likely N-dealkylation sites (tertiary alicyclic amines) is 1. The number of amides is 1. The molecule has 1 amide bonds. The van der Waals surface area contributed by atoms with Crippen molar-refractivity contribution in [2.45, 2.75) is 38.3 Å². The molecule has 0 spiro atoms. The monoisotopic (exact) mass is 478 g/mol. The quantitative estimate of drug-likeness (QED) is 0.317. The van der Waals surface area contributed by atoms with Crippen LogP contribution in [-0.2, 0) is 6.54 Å². The van der Waals surface area contributed by atoms with Gasteiger partial charge < -0.3 is 10.6 Å². The lowest BCUT2D eigenvalue weighted by Crippen LogP contribution is -2.26. The topological polar surface area (TPSA) is 85.9 Å². The van der Waals surface area contributed by atoms with Crippen molar-refractivity contribution in [1.29, 1.82) is 0 Å². The Bertz CT molecular complexity index is 1400. The number of nitrogens with one attached hydrogen (secondary N) is 3. The summed E-state index contributed by atoms with van der Waals surface area (Å²) in [7, 11) is 0. The van der Waals surface area contributed by atoms with Gasteiger partial charge in [-0.2, -0.15) is 5.10 Å². The minimum Gasteiger partial charge on any atom is -0.355 e. The van der Waals surface area contributed by atoms with Crippen molar-refractivity contribution in [1.82, 2.24) is 25.4 Å². The Morgan fingerprint density at radius 1 is 1.06 bits per heavy atom. The van der Waals surface area contributed by atoms with Crippen LogP contribution in [0.25, 0.3) is 23.1 Å². The molecule has 0 radical (unpaired) electrons. The second-order valence-corrected chi connectivity index (χ2v) is 9.70. The van der Waals surface area contributed by atoms with Gasteiger partial charge in [0.05, 0.1) is 28.2 Å². The lowest BCUT2D eigenvalue weighted by molar-refractivity contribution is 0.0952. The van der Waals surface area contributed by atoms with Crippen LogP contribution in [0.3, 0.4) is 0 Å². The maximum atomic E-state index is 12.6. The van der Waals surface area contributed by atoms with E-state index < -0.39 is 0 Å². The van der Waals surface area contributed by atoms with Crippen molar-refractivity contribution in [3.63, 3.8) is 0 Å². The third-order valence-corrected chi connectivity index (χ3v) is 6.82. The molecule has 182 valence electrons. The van der Waals surface area contributed by atoms with E-state index in [2.05, 4.69) is 42.8 Å². The summed E-state index contributed by atoms with van der Waals surface area (Å²) in [5, 5.41) is 15.1. The van der Waals surface area contributed by atoms with Crippen LogP contribution in [0.4, 0.5) is 11.4 Å². The molecule has 7 nitrogen and oxygen atoms in total. The molecule has 0 bridgehead atoms. The van der Waals surface area contributed by atoms with Gasteiger partial charge in [-0.1, -0.05) is 18.2 Å². The summed E-state index contributed by atoms with van der Waals surface area (Å²) >= 11 is 0. The summed E-state index contributed by atoms with van der Waals surface area (Å²) in [5.74, 6) is -0.0340. The molecule has 1 aliphatic carbocycles. The zero-order chi connectivity index (χ0) is 24.3. The highest BCUT2D eigenvalue weighted by molar-refractivity contribution is 6.01. The minimum atomic E-state index is -0.0340. The third-order valence-electron chi connectivity index (χ3n) is 6.82. The number of para-hydroxylation sites is 1. The Balaban J connectivity index is 1.15. The van der Waals surface area contributed by atoms with Crippen molar-refractivity contribution < 1.29 is 4.79 Å². The number of nitrogens with zero attached hydrogens (tertiary/aromatic N) is 3. The van der Waals surface area contributed by atoms with E-state index in [1.807, 2.05) is 60.8 Å². The van der Waals surface area contributed by atoms with Gasteiger partial charge in [-0.15, -0.1) is 0 Å². The van der Waals surface area contributed by atoms with Crippen LogP contribution in [0, 0.1) is 0 Å². The number of benzene rings is 2. The van der Waals surface area contributed by atoms with E-state index in [0.29, 0.717) is 11.6 Å². The molecule has 0 unspecified atom stereocenters. The second kappa shape index (κ2) is 9.95. The zero-order valence-corrected chi connectivity index (χ0v) is 20.2. The number of rotatable bonds is 8. The summed E-state index contributed by atoms with van der Waals surface area (Å²) in [6, 6.07) is 18.2. The average molecular weight is 479 g/mol. The Kier molecular flexibility index (Phi) is 6.22. The molecule has 1 saturated carbocycles. The van der Waals surface area contributed by atoms with E-state index in [1.165, 1.54) is 31.5 Å². The van der Waals surface area contributed by atoms with Crippen LogP contribution in [0.1, 0.15) is 53.0 Å². The van der Waals surface area contributed by atoms with Gasteiger partial charge in [0, 0.05) is 29.9 Å². The summed E-state index contributed by atoms with van der Waals surface area (Å²) in [6.07, 6.45) is 10.7. The standard InChI is InChI=1S/C29H30N6O/c36-29(32-22-9-10-22)25-5-1-2-6-26(25)31-23-11-13-24-27(33-34-28(24)17-23)14-12-21-8-7-20(18-30-21)19-35-15-3-4-16-35/h1-2,5-8,11-14,17-18,22,31H,3-4,9-10,15-16,19H2,(H,32,36)(H,33,34)/b14-12+. The zero-order valence-electron chi connectivity index (χ0n) is 20.2. The van der Waals surface area contributed by atoms with E-state index in [4.69, 9.17) is 0 Å². The average Bonchev–Trinajstić information content (AvgIpc) is 3.39. The van der Waals surface area contributed by atoms with Crippen LogP contribution >= 0.6 is 0 Å². The first-order valence-electron chi connectivity index (χ1n) is 12.7. The number of pyridine rings is 1. The summed E-state index contributed by atoms with van der Waals surface area (Å²) in [4.78, 5) is 19.7. The maximum absolute atomic E-state index is 12.6. The molecule has 7 heteroatoms. The van der Waals surface area contributed by atoms with Crippen LogP contribution in [0.5, 0.6) is 0 Å². The summed E-state index contributed by atoms with van der Waals surface area (Å²) in [5.41, 5.74) is 6.29. The molecule has 4 aromatic rings. The van der Waals surface area contributed by atoms with Gasteiger partial charge in [0.15, 0.2) is 0 Å². The fourth-order valence-electron chi connectivity index (χ4n) is 4.67. The fraction of sp³-hybridized carbons (Fsp3) is 0.276. The van der Waals surface area contributed by atoms with E-state index in [9.17, 15) is 4.79 Å². The SMILES string of the molecule is O=C(NC1CC1)c1ccccc1Nc1ccc2c(/C=C/c3ccc(CN4CCCC4)cn3)n[nH]c2c1. The number of H-pyrrole nitrogens is 1. The molecule has 2 aromatic heterocycles. The number of anilines is 2. The van der Waals surface area contributed by atoms with Crippen LogP contribution in [0.2, 0.25) is 0 Å². The number of hydrogen-bond acceptors (Lipinski definition) is 5. The number of aromatic nitrogens is 3. The first-order chi connectivity index (χ1) is 17.7. The summed E-state index contributed by atoms with van der Waals surface area (Å²) in [6.45, 7) is 3.35. The van der Waals surface area contributed by atoms with Crippen LogP contribution < -0.4 is 10.6 Å². The second-order valence-electron chi connectivity index (χ2n) is 9.70. The lowest BCUT2D eigenvalue weighted by atomic mass is 10.1. The lowest BCUT2D eigenvalue weighted by Gasteiger charge is -2.13. The third kappa shape index (κ3) is 5.16. The van der Waals surface area contributed by atoms with Crippen molar-refractivity contribution in [3.05, 3.63) is 83.3 Å². The molecule has 3 N–H and O–H groups in total. The predicted molar refractivity (Wildman–Crippen MR) is 144 cm³/mol. The van der Waals surface area contributed by atoms with E-state index in [0.717, 1.165) is 53.1 Å². The molecular formula is C29H30N6O. The number of aromatic amines is 1. The van der Waals surface area contributed by atoms with Crippen molar-refractivity contribution >= 4 is 40.3 Å². The molecule has 2 aromatic carbocycles.